The summed E-state index contributed by atoms with van der Waals surface area (Å²) in [6.45, 7) is 0. The number of fused-ring (bicyclic) bond motifs is 1. The lowest BCUT2D eigenvalue weighted by atomic mass is 9.86. The molecule has 188 valence electrons. The van der Waals surface area contributed by atoms with Crippen molar-refractivity contribution in [2.45, 2.75) is 44.1 Å². The van der Waals surface area contributed by atoms with E-state index in [-0.39, 0.29) is 17.9 Å². The third-order valence-electron chi connectivity index (χ3n) is 4.57. The fraction of sp³-hybridized carbons (Fsp3) is 0.400. The summed E-state index contributed by atoms with van der Waals surface area (Å²) < 4.78 is 63.5. The zero-order chi connectivity index (χ0) is 26.1. The Morgan fingerprint density at radius 3 is 1.88 bits per heavy atom. The number of rotatable bonds is 2. The summed E-state index contributed by atoms with van der Waals surface area (Å²) in [7, 11) is 0. The normalized spacial score (nSPS) is 18.0. The summed E-state index contributed by atoms with van der Waals surface area (Å²) >= 11 is 0. The number of nitrogens with two attached hydrogens (primary N) is 1. The van der Waals surface area contributed by atoms with Gasteiger partial charge in [-0.15, -0.1) is 0 Å². The molecule has 0 radical (unpaired) electrons. The minimum atomic E-state index is -5.08. The number of hydrogen-bond donors (Lipinski definition) is 4. The molecule has 5 N–H and O–H groups in total. The first-order chi connectivity index (χ1) is 15.6. The molecule has 0 bridgehead atoms. The van der Waals surface area contributed by atoms with Crippen LogP contribution in [0.1, 0.15) is 25.7 Å². The number of aliphatic carboxylic acids is 2. The Bertz CT molecular complexity index is 959. The van der Waals surface area contributed by atoms with Crippen LogP contribution in [0.3, 0.4) is 0 Å². The number of carbonyl (C=O) groups excluding carboxylic acids is 1. The van der Waals surface area contributed by atoms with E-state index in [0.717, 1.165) is 42.1 Å². The summed E-state index contributed by atoms with van der Waals surface area (Å²) in [4.78, 5) is 34.2. The fourth-order valence-corrected chi connectivity index (χ4v) is 2.85. The molecule has 0 unspecified atom stereocenters. The molecule has 0 atom stereocenters. The van der Waals surface area contributed by atoms with E-state index in [2.05, 4.69) is 10.3 Å². The van der Waals surface area contributed by atoms with Crippen molar-refractivity contribution in [3.63, 3.8) is 0 Å². The van der Waals surface area contributed by atoms with Gasteiger partial charge in [0.25, 0.3) is 0 Å². The lowest BCUT2D eigenvalue weighted by Crippen LogP contribution is -2.32. The molecule has 0 aliphatic heterocycles. The molecule has 1 aliphatic carbocycles. The van der Waals surface area contributed by atoms with Crippen molar-refractivity contribution in [2.75, 3.05) is 5.32 Å². The van der Waals surface area contributed by atoms with Crippen molar-refractivity contribution in [3.05, 3.63) is 36.7 Å². The third kappa shape index (κ3) is 9.60. The van der Waals surface area contributed by atoms with Crippen molar-refractivity contribution in [1.29, 1.82) is 0 Å². The summed E-state index contributed by atoms with van der Waals surface area (Å²) in [6.07, 6.45) is -2.95. The molecule has 2 aromatic rings. The molecule has 1 aromatic heterocycles. The van der Waals surface area contributed by atoms with Gasteiger partial charge in [0, 0.05) is 40.8 Å². The number of benzene rings is 1. The average Bonchev–Trinajstić information content (AvgIpc) is 2.74. The molecule has 0 saturated heterocycles. The molecule has 1 saturated carbocycles. The number of hydrogen-bond acceptors (Lipinski definition) is 5. The first-order valence-corrected chi connectivity index (χ1v) is 9.62. The summed E-state index contributed by atoms with van der Waals surface area (Å²) in [5.74, 6) is -5.31. The van der Waals surface area contributed by atoms with Crippen LogP contribution in [-0.2, 0) is 14.4 Å². The lowest BCUT2D eigenvalue weighted by molar-refractivity contribution is -0.193. The van der Waals surface area contributed by atoms with E-state index in [1.807, 2.05) is 30.5 Å². The zero-order valence-electron chi connectivity index (χ0n) is 17.4. The van der Waals surface area contributed by atoms with E-state index in [1.165, 1.54) is 0 Å². The Kier molecular flexibility index (Phi) is 10.2. The predicted molar refractivity (Wildman–Crippen MR) is 108 cm³/mol. The van der Waals surface area contributed by atoms with Crippen LogP contribution in [-0.4, -0.2) is 51.4 Å². The number of halogens is 6. The van der Waals surface area contributed by atoms with E-state index >= 15 is 0 Å². The number of pyridine rings is 1. The molecule has 14 heteroatoms. The number of amides is 1. The minimum absolute atomic E-state index is 0.0897. The molecule has 8 nitrogen and oxygen atoms in total. The third-order valence-corrected chi connectivity index (χ3v) is 4.57. The van der Waals surface area contributed by atoms with Gasteiger partial charge in [-0.1, -0.05) is 12.1 Å². The fourth-order valence-electron chi connectivity index (χ4n) is 2.85. The summed E-state index contributed by atoms with van der Waals surface area (Å²) in [5.41, 5.74) is 6.75. The van der Waals surface area contributed by atoms with Gasteiger partial charge in [-0.05, 0) is 37.8 Å². The monoisotopic (exact) mass is 497 g/mol. The van der Waals surface area contributed by atoms with E-state index < -0.39 is 24.3 Å². The molecule has 3 rings (SSSR count). The van der Waals surface area contributed by atoms with Gasteiger partial charge < -0.3 is 21.3 Å². The average molecular weight is 497 g/mol. The number of aromatic nitrogens is 1. The number of carboxylic acids is 2. The maximum Gasteiger partial charge on any atom is 0.490 e. The number of carbonyl (C=O) groups is 3. The van der Waals surface area contributed by atoms with Gasteiger partial charge in [0.05, 0.1) is 0 Å². The Balaban J connectivity index is 0.000000343. The number of nitrogens with zero attached hydrogens (tertiary/aromatic N) is 1. The van der Waals surface area contributed by atoms with E-state index in [1.54, 1.807) is 6.20 Å². The van der Waals surface area contributed by atoms with Gasteiger partial charge >= 0.3 is 24.3 Å². The molecular formula is C20H21F6N3O5. The van der Waals surface area contributed by atoms with E-state index in [4.69, 9.17) is 25.5 Å². The molecule has 1 amide bonds. The number of nitrogens with one attached hydrogen (secondary N) is 1. The Labute approximate surface area is 188 Å². The van der Waals surface area contributed by atoms with Crippen molar-refractivity contribution < 1.29 is 50.9 Å². The highest BCUT2D eigenvalue weighted by Gasteiger charge is 2.38. The van der Waals surface area contributed by atoms with E-state index in [0.29, 0.717) is 0 Å². The molecular weight excluding hydrogens is 476 g/mol. The van der Waals surface area contributed by atoms with Crippen LogP contribution in [0.25, 0.3) is 10.8 Å². The quantitative estimate of drug-likeness (QED) is 0.460. The van der Waals surface area contributed by atoms with E-state index in [9.17, 15) is 31.1 Å². The molecule has 1 aromatic carbocycles. The van der Waals surface area contributed by atoms with Crippen LogP contribution in [0.2, 0.25) is 0 Å². The maximum atomic E-state index is 12.4. The van der Waals surface area contributed by atoms with Gasteiger partial charge in [0.2, 0.25) is 5.91 Å². The van der Waals surface area contributed by atoms with Gasteiger partial charge in [0.15, 0.2) is 0 Å². The second-order valence-corrected chi connectivity index (χ2v) is 7.11. The van der Waals surface area contributed by atoms with Crippen LogP contribution >= 0.6 is 0 Å². The molecule has 1 heterocycles. The highest BCUT2D eigenvalue weighted by molar-refractivity contribution is 6.02. The Hall–Kier alpha value is -3.42. The number of alkyl halides is 6. The smallest absolute Gasteiger partial charge is 0.475 e. The number of anilines is 1. The topological polar surface area (TPSA) is 143 Å². The first-order valence-electron chi connectivity index (χ1n) is 9.62. The SMILES string of the molecule is NC1CCC(C(=O)Nc2cccc3cnccc23)CC1.O=C(O)C(F)(F)F.O=C(O)C(F)(F)F. The van der Waals surface area contributed by atoms with Crippen LogP contribution in [0.15, 0.2) is 36.7 Å². The standard InChI is InChI=1S/C16H19N3O.2C2HF3O2/c17-13-6-4-11(5-7-13)16(20)19-15-3-1-2-12-10-18-9-8-14(12)15;2*3-2(4,5)1(6)7/h1-3,8-11,13H,4-7,17H2,(H,19,20);2*(H,6,7). The highest BCUT2D eigenvalue weighted by Crippen LogP contribution is 2.27. The second kappa shape index (κ2) is 12.2. The second-order valence-electron chi connectivity index (χ2n) is 7.11. The van der Waals surface area contributed by atoms with Crippen LogP contribution < -0.4 is 11.1 Å². The number of carboxylic acid groups (broad SMARTS) is 2. The van der Waals surface area contributed by atoms with Gasteiger partial charge in [-0.2, -0.15) is 26.3 Å². The Morgan fingerprint density at radius 2 is 1.41 bits per heavy atom. The van der Waals surface area contributed by atoms with Crippen molar-refractivity contribution in [1.82, 2.24) is 4.98 Å². The van der Waals surface area contributed by atoms with Gasteiger partial charge in [-0.25, -0.2) is 9.59 Å². The molecule has 34 heavy (non-hydrogen) atoms. The van der Waals surface area contributed by atoms with Crippen molar-refractivity contribution >= 4 is 34.3 Å². The van der Waals surface area contributed by atoms with Crippen LogP contribution in [0, 0.1) is 5.92 Å². The summed E-state index contributed by atoms with van der Waals surface area (Å²) in [5, 5.41) is 19.4. The highest BCUT2D eigenvalue weighted by atomic mass is 19.4. The summed E-state index contributed by atoms with van der Waals surface area (Å²) in [6, 6.07) is 8.08. The van der Waals surface area contributed by atoms with Gasteiger partial charge in [-0.3, -0.25) is 9.78 Å². The largest absolute Gasteiger partial charge is 0.490 e. The van der Waals surface area contributed by atoms with Crippen molar-refractivity contribution in [3.8, 4) is 0 Å². The maximum absolute atomic E-state index is 12.4. The van der Waals surface area contributed by atoms with Crippen molar-refractivity contribution in [2.24, 2.45) is 11.7 Å². The molecule has 0 spiro atoms. The predicted octanol–water partition coefficient (Wildman–Crippen LogP) is 3.96. The lowest BCUT2D eigenvalue weighted by Gasteiger charge is -2.25. The van der Waals surface area contributed by atoms with Gasteiger partial charge in [0.1, 0.15) is 0 Å². The van der Waals surface area contributed by atoms with Crippen LogP contribution in [0.4, 0.5) is 32.0 Å². The Morgan fingerprint density at radius 1 is 0.912 bits per heavy atom. The first kappa shape index (κ1) is 28.6. The molecule has 1 fully saturated rings. The zero-order valence-corrected chi connectivity index (χ0v) is 17.4. The van der Waals surface area contributed by atoms with Crippen LogP contribution in [0.5, 0.6) is 0 Å². The minimum Gasteiger partial charge on any atom is -0.475 e. The molecule has 1 aliphatic rings.